The Bertz CT molecular complexity index is 1350. The van der Waals surface area contributed by atoms with Crippen LogP contribution in [0.4, 0.5) is 30.8 Å². The van der Waals surface area contributed by atoms with Crippen molar-refractivity contribution in [1.82, 2.24) is 29.1 Å². The van der Waals surface area contributed by atoms with Gasteiger partial charge in [-0.3, -0.25) is 0 Å². The van der Waals surface area contributed by atoms with Crippen LogP contribution in [0.3, 0.4) is 0 Å². The minimum absolute atomic E-state index is 0.203. The predicted octanol–water partition coefficient (Wildman–Crippen LogP) is 3.19. The lowest BCUT2D eigenvalue weighted by molar-refractivity contribution is -0.00879. The molecule has 5 rings (SSSR count). The lowest BCUT2D eigenvalue weighted by Gasteiger charge is -2.25. The number of ether oxygens (including phenoxy) is 1. The predicted molar refractivity (Wildman–Crippen MR) is 116 cm³/mol. The molecule has 4 aromatic rings. The van der Waals surface area contributed by atoms with E-state index < -0.39 is 18.3 Å². The molecule has 1 fully saturated rings. The van der Waals surface area contributed by atoms with Crippen LogP contribution in [-0.4, -0.2) is 48.3 Å². The minimum atomic E-state index is -2.82. The molecular formula is C20H21F2N9O2. The summed E-state index contributed by atoms with van der Waals surface area (Å²) in [4.78, 5) is 24.4. The molecule has 11 nitrogen and oxygen atoms in total. The van der Waals surface area contributed by atoms with Crippen LogP contribution in [0.5, 0.6) is 0 Å². The van der Waals surface area contributed by atoms with Gasteiger partial charge in [-0.15, -0.1) is 5.10 Å². The quantitative estimate of drug-likeness (QED) is 0.385. The molecule has 4 N–H and O–H groups in total. The summed E-state index contributed by atoms with van der Waals surface area (Å²) in [7, 11) is 1.70. The normalized spacial score (nSPS) is 14.2. The number of aromatic nitrogens is 6. The number of rotatable bonds is 7. The number of nitrogens with one attached hydrogen (secondary N) is 2. The van der Waals surface area contributed by atoms with Crippen LogP contribution in [0.2, 0.25) is 0 Å². The first-order valence-electron chi connectivity index (χ1n) is 10.3. The first-order valence-corrected chi connectivity index (χ1v) is 10.3. The zero-order valence-corrected chi connectivity index (χ0v) is 17.6. The van der Waals surface area contributed by atoms with E-state index in [0.29, 0.717) is 29.3 Å². The maximum absolute atomic E-state index is 13.3. The maximum Gasteiger partial charge on any atom is 0.325 e. The third-order valence-corrected chi connectivity index (χ3v) is 5.51. The molecule has 4 heterocycles. The second kappa shape index (κ2) is 8.24. The SMILES string of the molecule is CNc1cc(Nc2cc(COC3CCC3)cn3nc(C(F)F)nc23)nc2c1ncn2C(N)=O. The number of halogens is 2. The van der Waals surface area contributed by atoms with Crippen molar-refractivity contribution >= 4 is 40.0 Å². The van der Waals surface area contributed by atoms with E-state index in [1.165, 1.54) is 10.8 Å². The van der Waals surface area contributed by atoms with Crippen molar-refractivity contribution in [3.8, 4) is 0 Å². The number of nitrogens with two attached hydrogens (primary N) is 1. The summed E-state index contributed by atoms with van der Waals surface area (Å²) in [6, 6.07) is 2.70. The average molecular weight is 457 g/mol. The number of pyridine rings is 2. The first kappa shape index (κ1) is 21.0. The van der Waals surface area contributed by atoms with Gasteiger partial charge in [0.25, 0.3) is 6.43 Å². The number of amides is 1. The number of carbonyl (C=O) groups is 1. The standard InChI is InChI=1S/C20H21F2N9O2/c1-24-12-6-14(27-19-15(12)25-9-30(19)20(23)32)26-13-5-10(8-33-11-3-2-4-11)7-31-18(13)28-17(29-31)16(21)22/h5-7,9,11,16H,2-4,8H2,1H3,(H2,23,32)(H2,24,26,27). The van der Waals surface area contributed by atoms with Crippen molar-refractivity contribution in [2.24, 2.45) is 5.73 Å². The van der Waals surface area contributed by atoms with E-state index in [0.717, 1.165) is 29.4 Å². The summed E-state index contributed by atoms with van der Waals surface area (Å²) in [6.45, 7) is 0.307. The van der Waals surface area contributed by atoms with E-state index in [2.05, 4.69) is 30.7 Å². The number of imidazole rings is 1. The molecule has 33 heavy (non-hydrogen) atoms. The van der Waals surface area contributed by atoms with Crippen molar-refractivity contribution in [2.75, 3.05) is 17.7 Å². The van der Waals surface area contributed by atoms with E-state index in [-0.39, 0.29) is 17.4 Å². The van der Waals surface area contributed by atoms with E-state index in [1.807, 2.05) is 0 Å². The fraction of sp³-hybridized carbons (Fsp3) is 0.350. The van der Waals surface area contributed by atoms with Gasteiger partial charge in [-0.25, -0.2) is 37.6 Å². The van der Waals surface area contributed by atoms with Gasteiger partial charge in [-0.2, -0.15) is 0 Å². The van der Waals surface area contributed by atoms with Crippen LogP contribution in [-0.2, 0) is 11.3 Å². The molecule has 0 atom stereocenters. The summed E-state index contributed by atoms with van der Waals surface area (Å²) in [5.41, 5.74) is 8.05. The van der Waals surface area contributed by atoms with Gasteiger partial charge >= 0.3 is 6.03 Å². The topological polar surface area (TPSA) is 137 Å². The molecule has 1 amide bonds. The first-order chi connectivity index (χ1) is 15.9. The number of fused-ring (bicyclic) bond motifs is 2. The van der Waals surface area contributed by atoms with E-state index in [1.54, 1.807) is 25.4 Å². The van der Waals surface area contributed by atoms with Gasteiger partial charge in [0.1, 0.15) is 17.7 Å². The lowest BCUT2D eigenvalue weighted by Crippen LogP contribution is -2.21. The van der Waals surface area contributed by atoms with Crippen molar-refractivity contribution in [1.29, 1.82) is 0 Å². The third kappa shape index (κ3) is 3.91. The Balaban J connectivity index is 1.57. The van der Waals surface area contributed by atoms with Gasteiger partial charge in [-0.05, 0) is 30.9 Å². The molecule has 1 saturated carbocycles. The van der Waals surface area contributed by atoms with E-state index in [9.17, 15) is 13.6 Å². The van der Waals surface area contributed by atoms with Crippen molar-refractivity contribution in [3.05, 3.63) is 36.0 Å². The highest BCUT2D eigenvalue weighted by Crippen LogP contribution is 2.29. The molecule has 0 unspecified atom stereocenters. The van der Waals surface area contributed by atoms with Crippen LogP contribution >= 0.6 is 0 Å². The van der Waals surface area contributed by atoms with Gasteiger partial charge in [-0.1, -0.05) is 0 Å². The highest BCUT2D eigenvalue weighted by atomic mass is 19.3. The number of hydrogen-bond acceptors (Lipinski definition) is 8. The number of anilines is 3. The Morgan fingerprint density at radius 2 is 2.09 bits per heavy atom. The molecule has 1 aliphatic rings. The maximum atomic E-state index is 13.3. The molecular weight excluding hydrogens is 436 g/mol. The van der Waals surface area contributed by atoms with Gasteiger partial charge in [0.2, 0.25) is 5.82 Å². The van der Waals surface area contributed by atoms with Gasteiger partial charge < -0.3 is 21.1 Å². The van der Waals surface area contributed by atoms with Crippen LogP contribution < -0.4 is 16.4 Å². The highest BCUT2D eigenvalue weighted by molar-refractivity contribution is 5.94. The third-order valence-electron chi connectivity index (χ3n) is 5.51. The number of carbonyl (C=O) groups excluding carboxylic acids is 1. The molecule has 4 aromatic heterocycles. The Hall–Kier alpha value is -3.87. The van der Waals surface area contributed by atoms with Crippen LogP contribution in [0.25, 0.3) is 16.8 Å². The Kier molecular flexibility index (Phi) is 5.24. The summed E-state index contributed by atoms with van der Waals surface area (Å²) >= 11 is 0. The molecule has 0 saturated heterocycles. The smallest absolute Gasteiger partial charge is 0.325 e. The number of hydrogen-bond donors (Lipinski definition) is 3. The lowest BCUT2D eigenvalue weighted by atomic mass is 9.96. The fourth-order valence-electron chi connectivity index (χ4n) is 3.62. The van der Waals surface area contributed by atoms with Crippen LogP contribution in [0.1, 0.15) is 37.1 Å². The molecule has 0 spiro atoms. The molecule has 0 radical (unpaired) electrons. The number of nitrogens with zero attached hydrogens (tertiary/aromatic N) is 6. The zero-order valence-electron chi connectivity index (χ0n) is 17.6. The summed E-state index contributed by atoms with van der Waals surface area (Å²) < 4.78 is 34.8. The monoisotopic (exact) mass is 457 g/mol. The van der Waals surface area contributed by atoms with E-state index >= 15 is 0 Å². The van der Waals surface area contributed by atoms with E-state index in [4.69, 9.17) is 10.5 Å². The van der Waals surface area contributed by atoms with Crippen molar-refractivity contribution < 1.29 is 18.3 Å². The molecule has 1 aliphatic carbocycles. The zero-order chi connectivity index (χ0) is 23.1. The fourth-order valence-corrected chi connectivity index (χ4v) is 3.62. The van der Waals surface area contributed by atoms with Crippen LogP contribution in [0, 0.1) is 0 Å². The second-order valence-electron chi connectivity index (χ2n) is 7.72. The van der Waals surface area contributed by atoms with Gasteiger partial charge in [0.15, 0.2) is 11.3 Å². The summed E-state index contributed by atoms with van der Waals surface area (Å²) in [6.07, 6.45) is 3.46. The summed E-state index contributed by atoms with van der Waals surface area (Å²) in [5, 5.41) is 10.0. The van der Waals surface area contributed by atoms with Gasteiger partial charge in [0, 0.05) is 19.3 Å². The van der Waals surface area contributed by atoms with Crippen molar-refractivity contribution in [3.63, 3.8) is 0 Å². The highest BCUT2D eigenvalue weighted by Gasteiger charge is 2.21. The average Bonchev–Trinajstić information content (AvgIpc) is 3.36. The van der Waals surface area contributed by atoms with Crippen LogP contribution in [0.15, 0.2) is 24.7 Å². The minimum Gasteiger partial charge on any atom is -0.386 e. The number of alkyl halides is 2. The largest absolute Gasteiger partial charge is 0.386 e. The summed E-state index contributed by atoms with van der Waals surface area (Å²) in [5.74, 6) is -0.253. The number of primary amides is 1. The second-order valence-corrected chi connectivity index (χ2v) is 7.72. The van der Waals surface area contributed by atoms with Gasteiger partial charge in [0.05, 0.1) is 24.1 Å². The molecule has 172 valence electrons. The van der Waals surface area contributed by atoms with Crippen molar-refractivity contribution in [2.45, 2.75) is 38.4 Å². The molecule has 0 aliphatic heterocycles. The Morgan fingerprint density at radius 1 is 1.27 bits per heavy atom. The molecule has 0 bridgehead atoms. The Labute approximate surface area is 186 Å². The molecule has 13 heteroatoms. The molecule has 0 aromatic carbocycles. The Morgan fingerprint density at radius 3 is 2.76 bits per heavy atom.